The van der Waals surface area contributed by atoms with Gasteiger partial charge in [0.1, 0.15) is 0 Å². The van der Waals surface area contributed by atoms with Crippen LogP contribution in [0.15, 0.2) is 0 Å². The van der Waals surface area contributed by atoms with E-state index < -0.39 is 6.09 Å². The van der Waals surface area contributed by atoms with Crippen LogP contribution in [0.4, 0.5) is 4.79 Å². The molecule has 1 N–H and O–H groups in total. The molecule has 0 bridgehead atoms. The van der Waals surface area contributed by atoms with Gasteiger partial charge in [0.2, 0.25) is 0 Å². The maximum atomic E-state index is 12.0. The van der Waals surface area contributed by atoms with E-state index in [1.165, 1.54) is 19.1 Å². The lowest BCUT2D eigenvalue weighted by Gasteiger charge is -2.52. The number of rotatable bonds is 2. The zero-order chi connectivity index (χ0) is 13.4. The summed E-state index contributed by atoms with van der Waals surface area (Å²) >= 11 is 0. The van der Waals surface area contributed by atoms with Gasteiger partial charge in [0.25, 0.3) is 5.91 Å². The fourth-order valence-electron chi connectivity index (χ4n) is 2.31. The number of nitrogens with zero attached hydrogens (tertiary/aromatic N) is 2. The zero-order valence-electron chi connectivity index (χ0n) is 10.9. The third kappa shape index (κ3) is 2.52. The molecule has 0 spiro atoms. The molecule has 6 nitrogen and oxygen atoms in total. The van der Waals surface area contributed by atoms with Gasteiger partial charge in [0.05, 0.1) is 19.1 Å². The van der Waals surface area contributed by atoms with Gasteiger partial charge in [0, 0.05) is 13.6 Å². The number of carbonyl (C=O) groups is 2. The van der Waals surface area contributed by atoms with E-state index in [1.54, 1.807) is 0 Å². The number of hydrogen-bond acceptors (Lipinski definition) is 3. The summed E-state index contributed by atoms with van der Waals surface area (Å²) in [6, 6.07) is -0.301. The first-order chi connectivity index (χ1) is 7.70. The predicted octanol–water partition coefficient (Wildman–Crippen LogP) is 1.03. The lowest BCUT2D eigenvalue weighted by molar-refractivity contribution is -0.185. The van der Waals surface area contributed by atoms with Gasteiger partial charge in [-0.05, 0) is 5.41 Å². The minimum atomic E-state index is -0.978. The first-order valence-electron chi connectivity index (χ1n) is 5.51. The molecule has 1 saturated heterocycles. The van der Waals surface area contributed by atoms with Crippen LogP contribution in [0.1, 0.15) is 20.8 Å². The third-order valence-electron chi connectivity index (χ3n) is 3.14. The summed E-state index contributed by atoms with van der Waals surface area (Å²) in [6.45, 7) is 6.03. The number of likely N-dealkylation sites (tertiary alicyclic amines) is 1. The van der Waals surface area contributed by atoms with Crippen molar-refractivity contribution in [2.24, 2.45) is 11.3 Å². The van der Waals surface area contributed by atoms with E-state index in [4.69, 9.17) is 9.94 Å². The lowest BCUT2D eigenvalue weighted by atomic mass is 9.72. The highest BCUT2D eigenvalue weighted by atomic mass is 16.7. The highest BCUT2D eigenvalue weighted by Gasteiger charge is 2.52. The molecule has 0 saturated carbocycles. The quantitative estimate of drug-likeness (QED) is 0.736. The van der Waals surface area contributed by atoms with Crippen LogP contribution < -0.4 is 0 Å². The normalized spacial score (nSPS) is 24.2. The molecule has 1 heterocycles. The van der Waals surface area contributed by atoms with Crippen LogP contribution >= 0.6 is 0 Å². The molecule has 1 aliphatic rings. The van der Waals surface area contributed by atoms with Crippen molar-refractivity contribution in [3.05, 3.63) is 0 Å². The van der Waals surface area contributed by atoms with Crippen molar-refractivity contribution in [1.29, 1.82) is 0 Å². The molecule has 1 rings (SSSR count). The zero-order valence-corrected chi connectivity index (χ0v) is 10.9. The molecule has 0 aromatic heterocycles. The molecule has 2 unspecified atom stereocenters. The highest BCUT2D eigenvalue weighted by Crippen LogP contribution is 2.39. The van der Waals surface area contributed by atoms with Gasteiger partial charge < -0.3 is 10.0 Å². The van der Waals surface area contributed by atoms with E-state index in [2.05, 4.69) is 0 Å². The van der Waals surface area contributed by atoms with Crippen molar-refractivity contribution in [3.8, 4) is 0 Å². The Morgan fingerprint density at radius 2 is 1.94 bits per heavy atom. The summed E-state index contributed by atoms with van der Waals surface area (Å²) in [6.07, 6.45) is -0.978. The van der Waals surface area contributed by atoms with Gasteiger partial charge in [0.15, 0.2) is 0 Å². The molecular weight excluding hydrogens is 224 g/mol. The second-order valence-corrected chi connectivity index (χ2v) is 5.37. The SMILES string of the molecule is CON(C)C(=O)C1CN(C(=O)O)C1C(C)(C)C. The average Bonchev–Trinajstić information content (AvgIpc) is 2.11. The minimum absolute atomic E-state index is 0.176. The van der Waals surface area contributed by atoms with Crippen LogP contribution in [0.5, 0.6) is 0 Å². The Hall–Kier alpha value is -1.30. The van der Waals surface area contributed by atoms with Crippen molar-refractivity contribution in [3.63, 3.8) is 0 Å². The van der Waals surface area contributed by atoms with Crippen LogP contribution in [-0.4, -0.2) is 53.8 Å². The Morgan fingerprint density at radius 1 is 1.41 bits per heavy atom. The second-order valence-electron chi connectivity index (χ2n) is 5.37. The van der Waals surface area contributed by atoms with Gasteiger partial charge in [-0.3, -0.25) is 9.63 Å². The molecule has 0 aromatic rings. The first kappa shape index (κ1) is 13.8. The molecule has 0 radical (unpaired) electrons. The van der Waals surface area contributed by atoms with Crippen molar-refractivity contribution >= 4 is 12.0 Å². The fourth-order valence-corrected chi connectivity index (χ4v) is 2.31. The molecule has 0 aromatic carbocycles. The topological polar surface area (TPSA) is 70.1 Å². The largest absolute Gasteiger partial charge is 0.465 e. The Balaban J connectivity index is 2.84. The number of carbonyl (C=O) groups excluding carboxylic acids is 1. The van der Waals surface area contributed by atoms with Crippen molar-refractivity contribution in [1.82, 2.24) is 9.96 Å². The minimum Gasteiger partial charge on any atom is -0.465 e. The van der Waals surface area contributed by atoms with Crippen LogP contribution in [0.3, 0.4) is 0 Å². The summed E-state index contributed by atoms with van der Waals surface area (Å²) < 4.78 is 0. The Labute approximate surface area is 101 Å². The predicted molar refractivity (Wildman–Crippen MR) is 61.2 cm³/mol. The van der Waals surface area contributed by atoms with E-state index in [0.29, 0.717) is 0 Å². The molecule has 1 fully saturated rings. The van der Waals surface area contributed by atoms with Crippen molar-refractivity contribution < 1.29 is 19.5 Å². The molecule has 6 heteroatoms. The van der Waals surface area contributed by atoms with Crippen LogP contribution in [0.25, 0.3) is 0 Å². The maximum Gasteiger partial charge on any atom is 0.407 e. The maximum absolute atomic E-state index is 12.0. The number of amides is 2. The summed E-state index contributed by atoms with van der Waals surface area (Å²) in [5.74, 6) is -0.499. The van der Waals surface area contributed by atoms with E-state index in [9.17, 15) is 9.59 Å². The molecule has 0 aliphatic carbocycles. The molecule has 98 valence electrons. The summed E-state index contributed by atoms with van der Waals surface area (Å²) in [5, 5.41) is 10.2. The van der Waals surface area contributed by atoms with Gasteiger partial charge in [-0.2, -0.15) is 0 Å². The second kappa shape index (κ2) is 4.52. The van der Waals surface area contributed by atoms with Crippen molar-refractivity contribution in [2.45, 2.75) is 26.8 Å². The summed E-state index contributed by atoms with van der Waals surface area (Å²) in [4.78, 5) is 29.1. The Bertz CT molecular complexity index is 324. The molecule has 2 atom stereocenters. The van der Waals surface area contributed by atoms with E-state index in [0.717, 1.165) is 5.06 Å². The smallest absolute Gasteiger partial charge is 0.407 e. The Morgan fingerprint density at radius 3 is 2.29 bits per heavy atom. The van der Waals surface area contributed by atoms with Crippen LogP contribution in [0, 0.1) is 11.3 Å². The fraction of sp³-hybridized carbons (Fsp3) is 0.818. The molecule has 2 amide bonds. The van der Waals surface area contributed by atoms with E-state index in [1.807, 2.05) is 20.8 Å². The number of carboxylic acid groups (broad SMARTS) is 1. The number of hydroxylamine groups is 2. The van der Waals surface area contributed by atoms with E-state index in [-0.39, 0.29) is 29.8 Å². The van der Waals surface area contributed by atoms with Crippen LogP contribution in [-0.2, 0) is 9.63 Å². The highest BCUT2D eigenvalue weighted by molar-refractivity contribution is 5.82. The van der Waals surface area contributed by atoms with E-state index >= 15 is 0 Å². The average molecular weight is 244 g/mol. The summed E-state index contributed by atoms with van der Waals surface area (Å²) in [7, 11) is 2.95. The van der Waals surface area contributed by atoms with Crippen molar-refractivity contribution in [2.75, 3.05) is 20.7 Å². The third-order valence-corrected chi connectivity index (χ3v) is 3.14. The Kier molecular flexibility index (Phi) is 3.66. The van der Waals surface area contributed by atoms with Gasteiger partial charge in [-0.25, -0.2) is 9.86 Å². The molecule has 1 aliphatic heterocycles. The molecule has 17 heavy (non-hydrogen) atoms. The van der Waals surface area contributed by atoms with Gasteiger partial charge >= 0.3 is 6.09 Å². The van der Waals surface area contributed by atoms with Gasteiger partial charge in [-0.15, -0.1) is 0 Å². The van der Waals surface area contributed by atoms with Gasteiger partial charge in [-0.1, -0.05) is 20.8 Å². The monoisotopic (exact) mass is 244 g/mol. The summed E-state index contributed by atoms with van der Waals surface area (Å²) in [5.41, 5.74) is -0.272. The molecular formula is C11H20N2O4. The van der Waals surface area contributed by atoms with Crippen LogP contribution in [0.2, 0.25) is 0 Å². The number of hydrogen-bond donors (Lipinski definition) is 1. The standard InChI is InChI=1S/C11H20N2O4/c1-11(2,3)8-7(6-13(8)10(15)16)9(14)12(4)17-5/h7-8H,6H2,1-5H3,(H,15,16). The first-order valence-corrected chi connectivity index (χ1v) is 5.51. The lowest BCUT2D eigenvalue weighted by Crippen LogP contribution is -2.67.